The number of thiocarbonyl (C=S) groups is 1. The molecule has 3 aromatic rings. The summed E-state index contributed by atoms with van der Waals surface area (Å²) in [5.41, 5.74) is 1.31. The van der Waals surface area contributed by atoms with Crippen molar-refractivity contribution in [3.05, 3.63) is 87.4 Å². The summed E-state index contributed by atoms with van der Waals surface area (Å²) >= 11 is 5.11. The average molecular weight is 451 g/mol. The second kappa shape index (κ2) is 8.16. The summed E-state index contributed by atoms with van der Waals surface area (Å²) in [4.78, 5) is 36.9. The largest absolute Gasteiger partial charge is 0.457 e. The first-order valence-electron chi connectivity index (χ1n) is 9.27. The van der Waals surface area contributed by atoms with Crippen LogP contribution in [0.1, 0.15) is 11.3 Å². The van der Waals surface area contributed by atoms with Crippen molar-refractivity contribution >= 4 is 46.6 Å². The third-order valence-corrected chi connectivity index (χ3v) is 5.07. The maximum atomic E-state index is 13.2. The zero-order chi connectivity index (χ0) is 23.0. The van der Waals surface area contributed by atoms with Crippen LogP contribution in [0.25, 0.3) is 17.4 Å². The first-order valence-corrected chi connectivity index (χ1v) is 9.67. The number of aryl methyl sites for hydroxylation is 1. The number of nitro groups is 1. The molecule has 1 fully saturated rings. The topological polar surface area (TPSA) is 106 Å². The molecule has 1 aromatic heterocycles. The Morgan fingerprint density at radius 2 is 1.84 bits per heavy atom. The van der Waals surface area contributed by atoms with Gasteiger partial charge in [-0.05, 0) is 73.2 Å². The number of nitrogens with zero attached hydrogens (tertiary/aromatic N) is 2. The van der Waals surface area contributed by atoms with Crippen LogP contribution in [0.3, 0.4) is 0 Å². The lowest BCUT2D eigenvalue weighted by atomic mass is 10.1. The summed E-state index contributed by atoms with van der Waals surface area (Å²) in [7, 11) is 0. The molecule has 1 N–H and O–H groups in total. The lowest BCUT2D eigenvalue weighted by molar-refractivity contribution is -0.384. The minimum atomic E-state index is -0.692. The van der Waals surface area contributed by atoms with Gasteiger partial charge < -0.3 is 4.42 Å². The number of non-ortho nitro benzene ring substituents is 1. The van der Waals surface area contributed by atoms with E-state index in [9.17, 15) is 24.1 Å². The first-order chi connectivity index (χ1) is 15.2. The highest BCUT2D eigenvalue weighted by atomic mass is 32.1. The molecule has 1 saturated heterocycles. The molecule has 1 aliphatic rings. The van der Waals surface area contributed by atoms with E-state index in [1.807, 2.05) is 0 Å². The van der Waals surface area contributed by atoms with Gasteiger partial charge in [0.15, 0.2) is 5.11 Å². The van der Waals surface area contributed by atoms with Gasteiger partial charge in [-0.2, -0.15) is 0 Å². The molecule has 2 aromatic carbocycles. The lowest BCUT2D eigenvalue weighted by Crippen LogP contribution is -2.54. The third-order valence-electron chi connectivity index (χ3n) is 4.79. The number of rotatable bonds is 4. The molecule has 0 spiro atoms. The Morgan fingerprint density at radius 1 is 1.12 bits per heavy atom. The van der Waals surface area contributed by atoms with Crippen LogP contribution in [-0.2, 0) is 9.59 Å². The molecule has 10 heteroatoms. The van der Waals surface area contributed by atoms with Gasteiger partial charge in [-0.25, -0.2) is 4.39 Å². The van der Waals surface area contributed by atoms with E-state index >= 15 is 0 Å². The van der Waals surface area contributed by atoms with E-state index in [4.69, 9.17) is 16.6 Å². The fourth-order valence-corrected chi connectivity index (χ4v) is 3.52. The molecule has 2 amide bonds. The Hall–Kier alpha value is -4.18. The molecule has 32 heavy (non-hydrogen) atoms. The molecule has 0 aliphatic carbocycles. The molecular formula is C22H14FN3O5S. The molecule has 2 heterocycles. The van der Waals surface area contributed by atoms with Gasteiger partial charge in [-0.1, -0.05) is 0 Å². The first kappa shape index (κ1) is 21.1. The summed E-state index contributed by atoms with van der Waals surface area (Å²) in [5, 5.41) is 13.2. The second-order valence-corrected chi connectivity index (χ2v) is 7.28. The molecule has 8 nitrogen and oxygen atoms in total. The number of carbonyl (C=O) groups excluding carboxylic acids is 2. The normalized spacial score (nSPS) is 15.2. The van der Waals surface area contributed by atoms with E-state index in [2.05, 4.69) is 5.32 Å². The van der Waals surface area contributed by atoms with E-state index in [-0.39, 0.29) is 22.1 Å². The van der Waals surface area contributed by atoms with Crippen LogP contribution >= 0.6 is 12.2 Å². The highest BCUT2D eigenvalue weighted by molar-refractivity contribution is 7.80. The molecular weight excluding hydrogens is 437 g/mol. The van der Waals surface area contributed by atoms with Gasteiger partial charge in [-0.3, -0.25) is 29.9 Å². The molecule has 0 radical (unpaired) electrons. The maximum absolute atomic E-state index is 13.2. The SMILES string of the molecule is Cc1cc([N+](=O)[O-])ccc1-c1ccc(/C=C2/C(=O)NC(=S)N(c3ccc(F)cc3)C2=O)o1. The number of furan rings is 1. The van der Waals surface area contributed by atoms with Crippen molar-refractivity contribution in [3.63, 3.8) is 0 Å². The van der Waals surface area contributed by atoms with Gasteiger partial charge in [-0.15, -0.1) is 0 Å². The molecule has 4 rings (SSSR count). The number of hydrogen-bond acceptors (Lipinski definition) is 6. The second-order valence-electron chi connectivity index (χ2n) is 6.89. The Morgan fingerprint density at radius 3 is 2.50 bits per heavy atom. The number of amides is 2. The molecule has 0 bridgehead atoms. The third kappa shape index (κ3) is 3.91. The van der Waals surface area contributed by atoms with Crippen LogP contribution in [0.15, 0.2) is 64.6 Å². The number of hydrogen-bond donors (Lipinski definition) is 1. The molecule has 160 valence electrons. The van der Waals surface area contributed by atoms with Gasteiger partial charge in [0.1, 0.15) is 22.9 Å². The van der Waals surface area contributed by atoms with Gasteiger partial charge in [0.05, 0.1) is 10.6 Å². The quantitative estimate of drug-likeness (QED) is 0.210. The standard InChI is InChI=1S/C22H14FN3O5S/c1-12-10-15(26(29)30)6-8-17(12)19-9-7-16(31-19)11-18-20(27)24-22(32)25(21(18)28)14-4-2-13(23)3-5-14/h2-11H,1H3,(H,24,27,32)/b18-11-. The van der Waals surface area contributed by atoms with Crippen molar-refractivity contribution in [1.29, 1.82) is 0 Å². The summed E-state index contributed by atoms with van der Waals surface area (Å²) in [6.45, 7) is 1.71. The molecule has 0 unspecified atom stereocenters. The van der Waals surface area contributed by atoms with Crippen molar-refractivity contribution in [3.8, 4) is 11.3 Å². The number of nitrogens with one attached hydrogen (secondary N) is 1. The molecule has 0 atom stereocenters. The fraction of sp³-hybridized carbons (Fsp3) is 0.0455. The highest BCUT2D eigenvalue weighted by Crippen LogP contribution is 2.30. The van der Waals surface area contributed by atoms with Crippen molar-refractivity contribution in [2.75, 3.05) is 4.90 Å². The number of carbonyl (C=O) groups is 2. The van der Waals surface area contributed by atoms with Gasteiger partial charge in [0, 0.05) is 17.7 Å². The predicted octanol–water partition coefficient (Wildman–Crippen LogP) is 4.13. The number of halogens is 1. The van der Waals surface area contributed by atoms with Crippen LogP contribution in [0.2, 0.25) is 0 Å². The minimum Gasteiger partial charge on any atom is -0.457 e. The van der Waals surface area contributed by atoms with E-state index in [0.717, 1.165) is 4.90 Å². The van der Waals surface area contributed by atoms with Crippen LogP contribution < -0.4 is 10.2 Å². The Balaban J connectivity index is 1.66. The lowest BCUT2D eigenvalue weighted by Gasteiger charge is -2.28. The fourth-order valence-electron chi connectivity index (χ4n) is 3.24. The highest BCUT2D eigenvalue weighted by Gasteiger charge is 2.34. The summed E-state index contributed by atoms with van der Waals surface area (Å²) in [6, 6.07) is 12.7. The van der Waals surface area contributed by atoms with E-state index in [1.54, 1.807) is 25.1 Å². The average Bonchev–Trinajstić information content (AvgIpc) is 3.20. The van der Waals surface area contributed by atoms with E-state index in [0.29, 0.717) is 22.6 Å². The van der Waals surface area contributed by atoms with Crippen molar-refractivity contribution in [2.24, 2.45) is 0 Å². The summed E-state index contributed by atoms with van der Waals surface area (Å²) < 4.78 is 19.0. The van der Waals surface area contributed by atoms with E-state index in [1.165, 1.54) is 42.5 Å². The van der Waals surface area contributed by atoms with Crippen LogP contribution in [0.4, 0.5) is 15.8 Å². The number of anilines is 1. The summed E-state index contributed by atoms with van der Waals surface area (Å²) in [5.74, 6) is -1.21. The Labute approximate surface area is 186 Å². The zero-order valence-electron chi connectivity index (χ0n) is 16.5. The molecule has 0 saturated carbocycles. The number of benzene rings is 2. The number of nitro benzene ring substituents is 1. The van der Waals surface area contributed by atoms with Crippen molar-refractivity contribution in [1.82, 2.24) is 5.32 Å². The van der Waals surface area contributed by atoms with Gasteiger partial charge in [0.2, 0.25) is 0 Å². The zero-order valence-corrected chi connectivity index (χ0v) is 17.3. The van der Waals surface area contributed by atoms with Gasteiger partial charge in [0.25, 0.3) is 17.5 Å². The maximum Gasteiger partial charge on any atom is 0.270 e. The Bertz CT molecular complexity index is 1310. The van der Waals surface area contributed by atoms with E-state index < -0.39 is 22.6 Å². The van der Waals surface area contributed by atoms with Crippen LogP contribution in [-0.4, -0.2) is 21.9 Å². The minimum absolute atomic E-state index is 0.0403. The van der Waals surface area contributed by atoms with Crippen LogP contribution in [0.5, 0.6) is 0 Å². The predicted molar refractivity (Wildman–Crippen MR) is 118 cm³/mol. The van der Waals surface area contributed by atoms with Gasteiger partial charge >= 0.3 is 0 Å². The van der Waals surface area contributed by atoms with Crippen molar-refractivity contribution < 1.29 is 23.3 Å². The van der Waals surface area contributed by atoms with Crippen LogP contribution in [0, 0.1) is 22.9 Å². The summed E-state index contributed by atoms with van der Waals surface area (Å²) in [6.07, 6.45) is 1.28. The Kier molecular flexibility index (Phi) is 5.37. The smallest absolute Gasteiger partial charge is 0.270 e. The van der Waals surface area contributed by atoms with Crippen molar-refractivity contribution in [2.45, 2.75) is 6.92 Å². The molecule has 1 aliphatic heterocycles. The monoisotopic (exact) mass is 451 g/mol.